The fraction of sp³-hybridized carbons (Fsp3) is 0.500. The quantitative estimate of drug-likeness (QED) is 0.821. The van der Waals surface area contributed by atoms with Crippen LogP contribution in [-0.4, -0.2) is 22.6 Å². The summed E-state index contributed by atoms with van der Waals surface area (Å²) in [5.41, 5.74) is 10.6. The molecule has 3 N–H and O–H groups in total. The summed E-state index contributed by atoms with van der Waals surface area (Å²) in [4.78, 5) is 9.32. The molecule has 0 saturated heterocycles. The van der Waals surface area contributed by atoms with Gasteiger partial charge in [0.15, 0.2) is 0 Å². The third-order valence-corrected chi connectivity index (χ3v) is 4.79. The Bertz CT molecular complexity index is 656. The zero-order valence-electron chi connectivity index (χ0n) is 14.5. The first kappa shape index (κ1) is 17.1. The summed E-state index contributed by atoms with van der Waals surface area (Å²) in [6, 6.07) is 11.3. The van der Waals surface area contributed by atoms with E-state index < -0.39 is 0 Å². The Morgan fingerprint density at radius 3 is 3.04 bits per heavy atom. The minimum absolute atomic E-state index is 0.350. The van der Waals surface area contributed by atoms with E-state index in [0.717, 1.165) is 50.0 Å². The second-order valence-electron chi connectivity index (χ2n) is 6.76. The number of nitrogens with two attached hydrogens (primary N) is 1. The fourth-order valence-corrected chi connectivity index (χ4v) is 3.63. The molecule has 128 valence electrons. The number of nitrogens with one attached hydrogen (secondary N) is 1. The van der Waals surface area contributed by atoms with Crippen molar-refractivity contribution in [2.75, 3.05) is 6.54 Å². The molecule has 2 atom stereocenters. The second kappa shape index (κ2) is 8.36. The first-order chi connectivity index (χ1) is 11.8. The van der Waals surface area contributed by atoms with E-state index in [2.05, 4.69) is 33.5 Å². The van der Waals surface area contributed by atoms with Crippen molar-refractivity contribution in [1.29, 1.82) is 0 Å². The van der Waals surface area contributed by atoms with Gasteiger partial charge >= 0.3 is 0 Å². The second-order valence-corrected chi connectivity index (χ2v) is 6.76. The molecule has 1 aliphatic carbocycles. The topological polar surface area (TPSA) is 63.8 Å². The van der Waals surface area contributed by atoms with Gasteiger partial charge in [-0.3, -0.25) is 9.97 Å². The summed E-state index contributed by atoms with van der Waals surface area (Å²) in [6.45, 7) is 2.78. The Labute approximate surface area is 144 Å². The summed E-state index contributed by atoms with van der Waals surface area (Å²) in [6.07, 6.45) is 8.49. The summed E-state index contributed by atoms with van der Waals surface area (Å²) in [5, 5.41) is 3.86. The number of nitrogens with zero attached hydrogens (tertiary/aromatic N) is 2. The van der Waals surface area contributed by atoms with Crippen LogP contribution in [0.4, 0.5) is 0 Å². The van der Waals surface area contributed by atoms with Crippen LogP contribution in [0.5, 0.6) is 0 Å². The average Bonchev–Trinajstić information content (AvgIpc) is 2.60. The van der Waals surface area contributed by atoms with E-state index in [0.29, 0.717) is 12.1 Å². The molecule has 2 heterocycles. The maximum absolute atomic E-state index is 5.75. The lowest BCUT2D eigenvalue weighted by atomic mass is 9.90. The molecule has 2 aromatic heterocycles. The SMILES string of the molecule is Cc1cccc(CC(CCCN)NC2CCCc3cccnc32)n1. The van der Waals surface area contributed by atoms with Gasteiger partial charge in [-0.2, -0.15) is 0 Å². The highest BCUT2D eigenvalue weighted by molar-refractivity contribution is 5.25. The Kier molecular flexibility index (Phi) is 5.94. The number of hydrogen-bond acceptors (Lipinski definition) is 4. The first-order valence-corrected chi connectivity index (χ1v) is 9.08. The number of aryl methyl sites for hydroxylation is 2. The van der Waals surface area contributed by atoms with Crippen molar-refractivity contribution in [1.82, 2.24) is 15.3 Å². The molecule has 0 aliphatic heterocycles. The highest BCUT2D eigenvalue weighted by Crippen LogP contribution is 2.28. The van der Waals surface area contributed by atoms with Gasteiger partial charge in [-0.15, -0.1) is 0 Å². The number of hydrogen-bond donors (Lipinski definition) is 2. The van der Waals surface area contributed by atoms with Crippen molar-refractivity contribution in [3.05, 3.63) is 59.2 Å². The van der Waals surface area contributed by atoms with Crippen LogP contribution in [0.1, 0.15) is 54.4 Å². The molecular weight excluding hydrogens is 296 g/mol. The summed E-state index contributed by atoms with van der Waals surface area (Å²) in [5.74, 6) is 0. The molecule has 3 rings (SSSR count). The zero-order valence-corrected chi connectivity index (χ0v) is 14.5. The molecular formula is C20H28N4. The summed E-state index contributed by atoms with van der Waals surface area (Å²) in [7, 11) is 0. The Morgan fingerprint density at radius 1 is 1.29 bits per heavy atom. The predicted molar refractivity (Wildman–Crippen MR) is 97.8 cm³/mol. The lowest BCUT2D eigenvalue weighted by molar-refractivity contribution is 0.365. The van der Waals surface area contributed by atoms with E-state index >= 15 is 0 Å². The smallest absolute Gasteiger partial charge is 0.0605 e. The largest absolute Gasteiger partial charge is 0.330 e. The molecule has 0 aromatic carbocycles. The minimum Gasteiger partial charge on any atom is -0.330 e. The standard InChI is InChI=1S/C20H28N4/c1-15-6-2-9-17(23-15)14-18(10-4-12-21)24-19-11-3-7-16-8-5-13-22-20(16)19/h2,5-6,8-9,13,18-19,24H,3-4,7,10-12,14,21H2,1H3. The third kappa shape index (κ3) is 4.40. The number of fused-ring (bicyclic) bond motifs is 1. The molecule has 0 fully saturated rings. The van der Waals surface area contributed by atoms with Gasteiger partial charge in [0.25, 0.3) is 0 Å². The number of pyridine rings is 2. The Morgan fingerprint density at radius 2 is 2.21 bits per heavy atom. The monoisotopic (exact) mass is 324 g/mol. The van der Waals surface area contributed by atoms with Crippen molar-refractivity contribution in [2.24, 2.45) is 5.73 Å². The van der Waals surface area contributed by atoms with Crippen LogP contribution in [0.2, 0.25) is 0 Å². The van der Waals surface area contributed by atoms with Crippen LogP contribution < -0.4 is 11.1 Å². The molecule has 0 radical (unpaired) electrons. The molecule has 2 aromatic rings. The number of aromatic nitrogens is 2. The third-order valence-electron chi connectivity index (χ3n) is 4.79. The van der Waals surface area contributed by atoms with Crippen molar-refractivity contribution in [3.63, 3.8) is 0 Å². The molecule has 4 heteroatoms. The lowest BCUT2D eigenvalue weighted by Gasteiger charge is -2.29. The number of rotatable bonds is 7. The maximum atomic E-state index is 5.75. The Balaban J connectivity index is 1.72. The van der Waals surface area contributed by atoms with Gasteiger partial charge in [0.1, 0.15) is 0 Å². The predicted octanol–water partition coefficient (Wildman–Crippen LogP) is 3.10. The van der Waals surface area contributed by atoms with Crippen molar-refractivity contribution < 1.29 is 0 Å². The molecule has 0 saturated carbocycles. The van der Waals surface area contributed by atoms with Crippen LogP contribution in [0, 0.1) is 6.92 Å². The molecule has 1 aliphatic rings. The van der Waals surface area contributed by atoms with Gasteiger partial charge in [-0.1, -0.05) is 12.1 Å². The Hall–Kier alpha value is -1.78. The highest BCUT2D eigenvalue weighted by Gasteiger charge is 2.24. The van der Waals surface area contributed by atoms with E-state index in [-0.39, 0.29) is 0 Å². The van der Waals surface area contributed by atoms with E-state index in [1.807, 2.05) is 25.3 Å². The summed E-state index contributed by atoms with van der Waals surface area (Å²) >= 11 is 0. The molecule has 0 bridgehead atoms. The van der Waals surface area contributed by atoms with Crippen LogP contribution in [0.15, 0.2) is 36.5 Å². The van der Waals surface area contributed by atoms with Gasteiger partial charge in [0.2, 0.25) is 0 Å². The van der Waals surface area contributed by atoms with Gasteiger partial charge < -0.3 is 11.1 Å². The van der Waals surface area contributed by atoms with E-state index in [1.54, 1.807) is 0 Å². The van der Waals surface area contributed by atoms with Gasteiger partial charge in [0.05, 0.1) is 5.69 Å². The van der Waals surface area contributed by atoms with Crippen molar-refractivity contribution in [3.8, 4) is 0 Å². The summed E-state index contributed by atoms with van der Waals surface area (Å²) < 4.78 is 0. The minimum atomic E-state index is 0.350. The molecule has 2 unspecified atom stereocenters. The van der Waals surface area contributed by atoms with Gasteiger partial charge in [-0.05, 0) is 69.3 Å². The molecule has 4 nitrogen and oxygen atoms in total. The van der Waals surface area contributed by atoms with Crippen molar-refractivity contribution >= 4 is 0 Å². The molecule has 0 amide bonds. The van der Waals surface area contributed by atoms with Crippen LogP contribution in [-0.2, 0) is 12.8 Å². The van der Waals surface area contributed by atoms with Crippen LogP contribution >= 0.6 is 0 Å². The normalized spacial score (nSPS) is 18.2. The van der Waals surface area contributed by atoms with Crippen molar-refractivity contribution in [2.45, 2.75) is 57.5 Å². The molecule has 0 spiro atoms. The van der Waals surface area contributed by atoms with E-state index in [1.165, 1.54) is 17.7 Å². The van der Waals surface area contributed by atoms with Crippen LogP contribution in [0.3, 0.4) is 0 Å². The zero-order chi connectivity index (χ0) is 16.8. The highest BCUT2D eigenvalue weighted by atomic mass is 15.0. The van der Waals surface area contributed by atoms with Gasteiger partial charge in [0, 0.05) is 36.1 Å². The lowest BCUT2D eigenvalue weighted by Crippen LogP contribution is -2.37. The molecule has 24 heavy (non-hydrogen) atoms. The average molecular weight is 324 g/mol. The maximum Gasteiger partial charge on any atom is 0.0605 e. The fourth-order valence-electron chi connectivity index (χ4n) is 3.63. The van der Waals surface area contributed by atoms with Crippen LogP contribution in [0.25, 0.3) is 0 Å². The van der Waals surface area contributed by atoms with Gasteiger partial charge in [-0.25, -0.2) is 0 Å². The van der Waals surface area contributed by atoms with E-state index in [9.17, 15) is 0 Å². The first-order valence-electron chi connectivity index (χ1n) is 9.08. The van der Waals surface area contributed by atoms with E-state index in [4.69, 9.17) is 5.73 Å².